The smallest absolute Gasteiger partial charge is 0.0543 e. The molecular formula is C12H12ClNS2. The monoisotopic (exact) mass is 269 g/mol. The molecule has 0 bridgehead atoms. The van der Waals surface area contributed by atoms with E-state index < -0.39 is 0 Å². The number of hydrogen-bond donors (Lipinski definition) is 1. The molecule has 0 saturated carbocycles. The van der Waals surface area contributed by atoms with Gasteiger partial charge in [-0.1, -0.05) is 17.7 Å². The van der Waals surface area contributed by atoms with Crippen LogP contribution < -0.4 is 5.73 Å². The Labute approximate surface area is 109 Å². The minimum Gasteiger partial charge on any atom is -0.399 e. The molecule has 0 aliphatic heterocycles. The topological polar surface area (TPSA) is 26.0 Å². The maximum atomic E-state index is 6.08. The van der Waals surface area contributed by atoms with E-state index in [1.807, 2.05) is 18.2 Å². The number of benzene rings is 1. The second-order valence-electron chi connectivity index (χ2n) is 3.37. The number of aryl methyl sites for hydroxylation is 1. The molecule has 2 rings (SSSR count). The number of thioether (sulfide) groups is 1. The summed E-state index contributed by atoms with van der Waals surface area (Å²) in [5.41, 5.74) is 6.49. The zero-order chi connectivity index (χ0) is 11.4. The lowest BCUT2D eigenvalue weighted by Crippen LogP contribution is -1.88. The van der Waals surface area contributed by atoms with E-state index in [0.29, 0.717) is 0 Å². The number of nitrogens with two attached hydrogens (primary N) is 1. The third-order valence-corrected chi connectivity index (χ3v) is 4.58. The lowest BCUT2D eigenvalue weighted by atomic mass is 10.3. The van der Waals surface area contributed by atoms with E-state index in [-0.39, 0.29) is 0 Å². The minimum absolute atomic E-state index is 0.767. The molecule has 2 N–H and O–H groups in total. The van der Waals surface area contributed by atoms with Crippen LogP contribution in [0.25, 0.3) is 0 Å². The van der Waals surface area contributed by atoms with Crippen molar-refractivity contribution in [1.82, 2.24) is 0 Å². The Morgan fingerprint density at radius 2 is 2.19 bits per heavy atom. The van der Waals surface area contributed by atoms with Gasteiger partial charge >= 0.3 is 0 Å². The van der Waals surface area contributed by atoms with Crippen molar-refractivity contribution in [3.05, 3.63) is 45.6 Å². The van der Waals surface area contributed by atoms with E-state index in [0.717, 1.165) is 27.8 Å². The first-order chi connectivity index (χ1) is 7.75. The molecule has 0 atom stereocenters. The summed E-state index contributed by atoms with van der Waals surface area (Å²) < 4.78 is 0. The van der Waals surface area contributed by atoms with Gasteiger partial charge in [0.25, 0.3) is 0 Å². The molecule has 0 fully saturated rings. The highest BCUT2D eigenvalue weighted by Crippen LogP contribution is 2.29. The van der Waals surface area contributed by atoms with Gasteiger partial charge in [-0.05, 0) is 36.1 Å². The quantitative estimate of drug-likeness (QED) is 0.661. The third kappa shape index (κ3) is 3.17. The first kappa shape index (κ1) is 11.8. The van der Waals surface area contributed by atoms with Crippen molar-refractivity contribution in [2.24, 2.45) is 0 Å². The fourth-order valence-electron chi connectivity index (χ4n) is 1.35. The molecule has 1 aromatic heterocycles. The van der Waals surface area contributed by atoms with Gasteiger partial charge in [-0.3, -0.25) is 0 Å². The van der Waals surface area contributed by atoms with Crippen LogP contribution in [0.2, 0.25) is 5.02 Å². The highest BCUT2D eigenvalue weighted by atomic mass is 35.5. The first-order valence-corrected chi connectivity index (χ1v) is 7.20. The summed E-state index contributed by atoms with van der Waals surface area (Å²) in [6.45, 7) is 0. The van der Waals surface area contributed by atoms with Crippen molar-refractivity contribution in [2.75, 3.05) is 11.5 Å². The Balaban J connectivity index is 1.92. The van der Waals surface area contributed by atoms with Gasteiger partial charge in [-0.25, -0.2) is 0 Å². The number of anilines is 1. The van der Waals surface area contributed by atoms with E-state index >= 15 is 0 Å². The van der Waals surface area contributed by atoms with E-state index in [4.69, 9.17) is 17.3 Å². The third-order valence-electron chi connectivity index (χ3n) is 2.14. The lowest BCUT2D eigenvalue weighted by molar-refractivity contribution is 1.20. The van der Waals surface area contributed by atoms with E-state index in [1.54, 1.807) is 23.1 Å². The zero-order valence-corrected chi connectivity index (χ0v) is 11.0. The minimum atomic E-state index is 0.767. The second-order valence-corrected chi connectivity index (χ2v) is 5.94. The standard InChI is InChI=1S/C12H12ClNS2/c13-11-4-3-9(14)8-12(11)16-7-5-10-2-1-6-15-10/h1-4,6,8H,5,7,14H2. The Hall–Kier alpha value is -0.640. The molecule has 0 aliphatic carbocycles. The van der Waals surface area contributed by atoms with Crippen LogP contribution in [0.3, 0.4) is 0 Å². The van der Waals surface area contributed by atoms with Gasteiger partial charge in [-0.15, -0.1) is 23.1 Å². The first-order valence-electron chi connectivity index (χ1n) is 4.96. The number of rotatable bonds is 4. The van der Waals surface area contributed by atoms with Crippen LogP contribution in [-0.2, 0) is 6.42 Å². The summed E-state index contributed by atoms with van der Waals surface area (Å²) in [6.07, 6.45) is 1.08. The summed E-state index contributed by atoms with van der Waals surface area (Å²) in [6, 6.07) is 9.85. The molecule has 4 heteroatoms. The van der Waals surface area contributed by atoms with Crippen molar-refractivity contribution < 1.29 is 0 Å². The predicted molar refractivity (Wildman–Crippen MR) is 74.6 cm³/mol. The van der Waals surface area contributed by atoms with Gasteiger partial charge in [0.1, 0.15) is 0 Å². The largest absolute Gasteiger partial charge is 0.399 e. The average molecular weight is 270 g/mol. The SMILES string of the molecule is Nc1ccc(Cl)c(SCCc2cccs2)c1. The van der Waals surface area contributed by atoms with Crippen LogP contribution in [-0.4, -0.2) is 5.75 Å². The van der Waals surface area contributed by atoms with Crippen molar-refractivity contribution in [3.8, 4) is 0 Å². The molecule has 0 amide bonds. The molecule has 84 valence electrons. The molecule has 0 radical (unpaired) electrons. The molecule has 0 spiro atoms. The number of halogens is 1. The maximum Gasteiger partial charge on any atom is 0.0543 e. The summed E-state index contributed by atoms with van der Waals surface area (Å²) in [7, 11) is 0. The average Bonchev–Trinajstić information content (AvgIpc) is 2.76. The summed E-state index contributed by atoms with van der Waals surface area (Å²) >= 11 is 9.63. The number of hydrogen-bond acceptors (Lipinski definition) is 3. The second kappa shape index (κ2) is 5.62. The molecular weight excluding hydrogens is 258 g/mol. The fraction of sp³-hybridized carbons (Fsp3) is 0.167. The highest BCUT2D eigenvalue weighted by molar-refractivity contribution is 7.99. The molecule has 16 heavy (non-hydrogen) atoms. The summed E-state index contributed by atoms with van der Waals surface area (Å²) in [5, 5.41) is 2.89. The van der Waals surface area contributed by atoms with Crippen molar-refractivity contribution in [2.45, 2.75) is 11.3 Å². The van der Waals surface area contributed by atoms with E-state index in [9.17, 15) is 0 Å². The predicted octanol–water partition coefficient (Wildman–Crippen LogP) is 4.32. The van der Waals surface area contributed by atoms with Gasteiger partial charge in [0.15, 0.2) is 0 Å². The van der Waals surface area contributed by atoms with Crippen LogP contribution in [0.1, 0.15) is 4.88 Å². The Kier molecular flexibility index (Phi) is 4.16. The molecule has 0 unspecified atom stereocenters. The van der Waals surface area contributed by atoms with Crippen LogP contribution in [0.5, 0.6) is 0 Å². The van der Waals surface area contributed by atoms with Crippen molar-refractivity contribution in [3.63, 3.8) is 0 Å². The number of thiophene rings is 1. The van der Waals surface area contributed by atoms with Gasteiger partial charge in [0.2, 0.25) is 0 Å². The highest BCUT2D eigenvalue weighted by Gasteiger charge is 2.02. The Bertz CT molecular complexity index is 454. The van der Waals surface area contributed by atoms with Gasteiger partial charge in [0.05, 0.1) is 5.02 Å². The Morgan fingerprint density at radius 1 is 1.31 bits per heavy atom. The van der Waals surface area contributed by atoms with Gasteiger partial charge < -0.3 is 5.73 Å². The molecule has 0 saturated heterocycles. The van der Waals surface area contributed by atoms with Gasteiger partial charge in [-0.2, -0.15) is 0 Å². The zero-order valence-electron chi connectivity index (χ0n) is 8.65. The van der Waals surface area contributed by atoms with Gasteiger partial charge in [0, 0.05) is 21.2 Å². The Morgan fingerprint density at radius 3 is 2.94 bits per heavy atom. The molecule has 0 aliphatic rings. The van der Waals surface area contributed by atoms with E-state index in [1.165, 1.54) is 4.88 Å². The normalized spacial score (nSPS) is 10.6. The summed E-state index contributed by atoms with van der Waals surface area (Å²) in [5.74, 6) is 1.03. The van der Waals surface area contributed by atoms with Crippen LogP contribution in [0, 0.1) is 0 Å². The van der Waals surface area contributed by atoms with Crippen LogP contribution >= 0.6 is 34.7 Å². The molecule has 1 heterocycles. The molecule has 2 aromatic rings. The maximum absolute atomic E-state index is 6.08. The van der Waals surface area contributed by atoms with E-state index in [2.05, 4.69) is 17.5 Å². The molecule has 1 aromatic carbocycles. The van der Waals surface area contributed by atoms with Crippen LogP contribution in [0.15, 0.2) is 40.6 Å². The number of nitrogen functional groups attached to an aromatic ring is 1. The fourth-order valence-corrected chi connectivity index (χ4v) is 3.43. The summed E-state index contributed by atoms with van der Waals surface area (Å²) in [4.78, 5) is 2.48. The van der Waals surface area contributed by atoms with Crippen molar-refractivity contribution in [1.29, 1.82) is 0 Å². The molecule has 1 nitrogen and oxygen atoms in total. The van der Waals surface area contributed by atoms with Crippen LogP contribution in [0.4, 0.5) is 5.69 Å². The van der Waals surface area contributed by atoms with Crippen molar-refractivity contribution >= 4 is 40.4 Å². The lowest BCUT2D eigenvalue weighted by Gasteiger charge is -2.04.